The van der Waals surface area contributed by atoms with Gasteiger partial charge >= 0.3 is 0 Å². The number of hydrogen-bond donors (Lipinski definition) is 1. The number of benzene rings is 2. The van der Waals surface area contributed by atoms with Crippen LogP contribution in [0.15, 0.2) is 64.2 Å². The maximum Gasteiger partial charge on any atom is 0.276 e. The van der Waals surface area contributed by atoms with Gasteiger partial charge < -0.3 is 9.73 Å². The molecule has 0 aliphatic rings. The van der Waals surface area contributed by atoms with Crippen molar-refractivity contribution in [2.45, 2.75) is 17.5 Å². The summed E-state index contributed by atoms with van der Waals surface area (Å²) in [5.41, 5.74) is 1.70. The zero-order valence-corrected chi connectivity index (χ0v) is 14.2. The van der Waals surface area contributed by atoms with Crippen LogP contribution in [-0.4, -0.2) is 16.1 Å². The van der Waals surface area contributed by atoms with Crippen LogP contribution in [0.4, 0.5) is 0 Å². The second-order valence-corrected chi connectivity index (χ2v) is 6.29. The van der Waals surface area contributed by atoms with E-state index in [1.807, 2.05) is 42.5 Å². The fourth-order valence-corrected chi connectivity index (χ4v) is 2.80. The number of aromatic nitrogens is 2. The lowest BCUT2D eigenvalue weighted by Gasteiger charge is -2.01. The highest BCUT2D eigenvalue weighted by Crippen LogP contribution is 2.22. The molecule has 1 aromatic heterocycles. The molecule has 1 N–H and O–H groups in total. The number of thioether (sulfide) groups is 1. The molecule has 122 valence electrons. The van der Waals surface area contributed by atoms with Gasteiger partial charge in [0.25, 0.3) is 11.1 Å². The van der Waals surface area contributed by atoms with E-state index in [1.54, 1.807) is 12.1 Å². The minimum atomic E-state index is -0.177. The molecule has 3 aromatic rings. The molecule has 1 amide bonds. The van der Waals surface area contributed by atoms with Gasteiger partial charge in [-0.1, -0.05) is 53.7 Å². The molecule has 0 radical (unpaired) electrons. The van der Waals surface area contributed by atoms with Crippen molar-refractivity contribution in [1.29, 1.82) is 0 Å². The highest BCUT2D eigenvalue weighted by atomic mass is 35.5. The fourth-order valence-electron chi connectivity index (χ4n) is 1.94. The van der Waals surface area contributed by atoms with Gasteiger partial charge in [0.15, 0.2) is 0 Å². The summed E-state index contributed by atoms with van der Waals surface area (Å²) >= 11 is 7.29. The van der Waals surface area contributed by atoms with Crippen molar-refractivity contribution in [3.8, 4) is 0 Å². The number of halogens is 1. The molecule has 0 aliphatic heterocycles. The summed E-state index contributed by atoms with van der Waals surface area (Å²) in [6, 6.07) is 16.6. The maximum atomic E-state index is 11.9. The number of carbonyl (C=O) groups is 1. The van der Waals surface area contributed by atoms with Crippen LogP contribution in [-0.2, 0) is 12.3 Å². The Morgan fingerprint density at radius 3 is 2.58 bits per heavy atom. The van der Waals surface area contributed by atoms with E-state index in [-0.39, 0.29) is 12.5 Å². The third kappa shape index (κ3) is 4.59. The van der Waals surface area contributed by atoms with Crippen LogP contribution in [0.3, 0.4) is 0 Å². The van der Waals surface area contributed by atoms with Gasteiger partial charge in [0.05, 0.1) is 6.54 Å². The molecular formula is C17H14ClN3O2S. The largest absolute Gasteiger partial charge is 0.414 e. The summed E-state index contributed by atoms with van der Waals surface area (Å²) in [4.78, 5) is 11.9. The first-order valence-electron chi connectivity index (χ1n) is 7.23. The number of hydrogen-bond acceptors (Lipinski definition) is 5. The van der Waals surface area contributed by atoms with Crippen molar-refractivity contribution in [2.24, 2.45) is 0 Å². The Morgan fingerprint density at radius 1 is 1.08 bits per heavy atom. The van der Waals surface area contributed by atoms with E-state index in [0.29, 0.717) is 27.5 Å². The molecule has 1 heterocycles. The molecule has 0 bridgehead atoms. The number of nitrogens with zero attached hydrogens (tertiary/aromatic N) is 2. The van der Waals surface area contributed by atoms with E-state index in [1.165, 1.54) is 11.8 Å². The lowest BCUT2D eigenvalue weighted by atomic mass is 10.2. The number of rotatable bonds is 6. The second kappa shape index (κ2) is 7.99. The summed E-state index contributed by atoms with van der Waals surface area (Å²) in [6.07, 6.45) is 0. The predicted octanol–water partition coefficient (Wildman–Crippen LogP) is 3.95. The van der Waals surface area contributed by atoms with Crippen LogP contribution in [0.25, 0.3) is 0 Å². The third-order valence-electron chi connectivity index (χ3n) is 3.16. The van der Waals surface area contributed by atoms with Crippen molar-refractivity contribution in [3.05, 3.63) is 76.6 Å². The van der Waals surface area contributed by atoms with Crippen molar-refractivity contribution in [3.63, 3.8) is 0 Å². The Balaban J connectivity index is 1.50. The minimum absolute atomic E-state index is 0.177. The SMILES string of the molecule is O=C(NCc1nnc(SCc2ccc(Cl)cc2)o1)c1ccccc1. The van der Waals surface area contributed by atoms with Crippen LogP contribution in [0, 0.1) is 0 Å². The first-order valence-corrected chi connectivity index (χ1v) is 8.60. The van der Waals surface area contributed by atoms with Crippen molar-refractivity contribution >= 4 is 29.3 Å². The summed E-state index contributed by atoms with van der Waals surface area (Å²) in [7, 11) is 0. The maximum absolute atomic E-state index is 11.9. The van der Waals surface area contributed by atoms with Crippen molar-refractivity contribution < 1.29 is 9.21 Å². The topological polar surface area (TPSA) is 68.0 Å². The molecule has 0 unspecified atom stereocenters. The Kier molecular flexibility index (Phi) is 5.51. The molecule has 0 atom stereocenters. The van der Waals surface area contributed by atoms with Gasteiger partial charge in [-0.2, -0.15) is 0 Å². The monoisotopic (exact) mass is 359 g/mol. The van der Waals surface area contributed by atoms with E-state index in [0.717, 1.165) is 5.56 Å². The van der Waals surface area contributed by atoms with Gasteiger partial charge in [-0.05, 0) is 29.8 Å². The van der Waals surface area contributed by atoms with Crippen LogP contribution in [0.1, 0.15) is 21.8 Å². The van der Waals surface area contributed by atoms with E-state index in [9.17, 15) is 4.79 Å². The second-order valence-electron chi connectivity index (χ2n) is 4.93. The Morgan fingerprint density at radius 2 is 1.83 bits per heavy atom. The minimum Gasteiger partial charge on any atom is -0.414 e. The summed E-state index contributed by atoms with van der Waals surface area (Å²) in [5.74, 6) is 0.900. The molecule has 0 aliphatic carbocycles. The number of amides is 1. The lowest BCUT2D eigenvalue weighted by Crippen LogP contribution is -2.22. The molecule has 0 spiro atoms. The highest BCUT2D eigenvalue weighted by molar-refractivity contribution is 7.98. The fraction of sp³-hybridized carbons (Fsp3) is 0.118. The van der Waals surface area contributed by atoms with E-state index in [2.05, 4.69) is 15.5 Å². The molecule has 2 aromatic carbocycles. The smallest absolute Gasteiger partial charge is 0.276 e. The van der Waals surface area contributed by atoms with Crippen LogP contribution in [0.5, 0.6) is 0 Å². The summed E-state index contributed by atoms with van der Waals surface area (Å²) < 4.78 is 5.52. The zero-order chi connectivity index (χ0) is 16.8. The Labute approximate surface area is 148 Å². The lowest BCUT2D eigenvalue weighted by molar-refractivity contribution is 0.0946. The van der Waals surface area contributed by atoms with Gasteiger partial charge in [0, 0.05) is 16.3 Å². The number of nitrogens with one attached hydrogen (secondary N) is 1. The van der Waals surface area contributed by atoms with Gasteiger partial charge in [-0.15, -0.1) is 10.2 Å². The van der Waals surface area contributed by atoms with Gasteiger partial charge in [0.1, 0.15) is 0 Å². The normalized spacial score (nSPS) is 10.5. The van der Waals surface area contributed by atoms with Gasteiger partial charge in [-0.25, -0.2) is 0 Å². The van der Waals surface area contributed by atoms with E-state index in [4.69, 9.17) is 16.0 Å². The quantitative estimate of drug-likeness (QED) is 0.675. The Hall–Kier alpha value is -2.31. The van der Waals surface area contributed by atoms with Gasteiger partial charge in [0.2, 0.25) is 5.89 Å². The molecule has 7 heteroatoms. The average Bonchev–Trinajstić information content (AvgIpc) is 3.08. The highest BCUT2D eigenvalue weighted by Gasteiger charge is 2.09. The van der Waals surface area contributed by atoms with Crippen LogP contribution >= 0.6 is 23.4 Å². The molecule has 3 rings (SSSR count). The standard InChI is InChI=1S/C17H14ClN3O2S/c18-14-8-6-12(7-9-14)11-24-17-21-20-15(23-17)10-19-16(22)13-4-2-1-3-5-13/h1-9H,10-11H2,(H,19,22). The average molecular weight is 360 g/mol. The van der Waals surface area contributed by atoms with Crippen molar-refractivity contribution in [2.75, 3.05) is 0 Å². The molecule has 0 saturated carbocycles. The molecule has 5 nitrogen and oxygen atoms in total. The zero-order valence-electron chi connectivity index (χ0n) is 12.6. The summed E-state index contributed by atoms with van der Waals surface area (Å²) in [5, 5.41) is 11.8. The molecule has 24 heavy (non-hydrogen) atoms. The van der Waals surface area contributed by atoms with Gasteiger partial charge in [-0.3, -0.25) is 4.79 Å². The van der Waals surface area contributed by atoms with Crippen LogP contribution < -0.4 is 5.32 Å². The Bertz CT molecular complexity index is 806. The summed E-state index contributed by atoms with van der Waals surface area (Å²) in [6.45, 7) is 0.197. The predicted molar refractivity (Wildman–Crippen MR) is 92.9 cm³/mol. The van der Waals surface area contributed by atoms with Crippen molar-refractivity contribution in [1.82, 2.24) is 15.5 Å². The first-order chi connectivity index (χ1) is 11.7. The van der Waals surface area contributed by atoms with E-state index >= 15 is 0 Å². The molecule has 0 fully saturated rings. The number of carbonyl (C=O) groups excluding carboxylic acids is 1. The molecule has 0 saturated heterocycles. The molecular weight excluding hydrogens is 346 g/mol. The third-order valence-corrected chi connectivity index (χ3v) is 4.30. The first kappa shape index (κ1) is 16.5. The van der Waals surface area contributed by atoms with Crippen LogP contribution in [0.2, 0.25) is 5.02 Å². The van der Waals surface area contributed by atoms with E-state index < -0.39 is 0 Å².